The van der Waals surface area contributed by atoms with Crippen molar-refractivity contribution in [2.75, 3.05) is 24.3 Å². The Morgan fingerprint density at radius 1 is 1.10 bits per heavy atom. The first-order valence-electron chi connectivity index (χ1n) is 6.12. The fourth-order valence-electron chi connectivity index (χ4n) is 1.72. The largest absolute Gasteiger partial charge is 0.495 e. The van der Waals surface area contributed by atoms with Gasteiger partial charge in [0.25, 0.3) is 0 Å². The molecule has 1 amide bonds. The lowest BCUT2D eigenvalue weighted by molar-refractivity contribution is -0.114. The van der Waals surface area contributed by atoms with Gasteiger partial charge in [0.05, 0.1) is 25.0 Å². The lowest BCUT2D eigenvalue weighted by Gasteiger charge is -2.11. The summed E-state index contributed by atoms with van der Waals surface area (Å²) < 4.78 is 6.07. The molecule has 2 aromatic rings. The Morgan fingerprint density at radius 2 is 1.75 bits per heavy atom. The van der Waals surface area contributed by atoms with Gasteiger partial charge in [-0.2, -0.15) is 0 Å². The second kappa shape index (κ2) is 6.96. The minimum atomic E-state index is -0.122. The van der Waals surface area contributed by atoms with Gasteiger partial charge in [0, 0.05) is 4.47 Å². The second-order valence-electron chi connectivity index (χ2n) is 4.08. The molecule has 0 bridgehead atoms. The van der Waals surface area contributed by atoms with E-state index in [1.807, 2.05) is 48.5 Å². The normalized spacial score (nSPS) is 9.90. The number of benzene rings is 2. The molecule has 20 heavy (non-hydrogen) atoms. The molecular weight excluding hydrogens is 320 g/mol. The standard InChI is InChI=1S/C15H15BrN2O2/c1-20-14-9-5-4-8-13(14)17-10-15(19)18-12-7-3-2-6-11(12)16/h2-9,17H,10H2,1H3,(H,18,19). The molecule has 2 rings (SSSR count). The molecule has 0 aromatic heterocycles. The number of carbonyl (C=O) groups is 1. The van der Waals surface area contributed by atoms with E-state index in [2.05, 4.69) is 26.6 Å². The van der Waals surface area contributed by atoms with Crippen LogP contribution < -0.4 is 15.4 Å². The highest BCUT2D eigenvalue weighted by molar-refractivity contribution is 9.10. The summed E-state index contributed by atoms with van der Waals surface area (Å²) in [5, 5.41) is 5.88. The summed E-state index contributed by atoms with van der Waals surface area (Å²) in [6.45, 7) is 0.168. The van der Waals surface area contributed by atoms with Gasteiger partial charge < -0.3 is 15.4 Å². The van der Waals surface area contributed by atoms with E-state index in [9.17, 15) is 4.79 Å². The molecule has 0 saturated heterocycles. The zero-order chi connectivity index (χ0) is 14.4. The monoisotopic (exact) mass is 334 g/mol. The summed E-state index contributed by atoms with van der Waals surface area (Å²) in [5.74, 6) is 0.587. The van der Waals surface area contributed by atoms with Gasteiger partial charge in [0.15, 0.2) is 0 Å². The number of para-hydroxylation sites is 3. The van der Waals surface area contributed by atoms with Crippen LogP contribution in [0.15, 0.2) is 53.0 Å². The third-order valence-corrected chi connectivity index (χ3v) is 3.39. The van der Waals surface area contributed by atoms with Crippen LogP contribution in [0, 0.1) is 0 Å². The molecule has 0 aliphatic carbocycles. The molecule has 0 saturated carbocycles. The van der Waals surface area contributed by atoms with Gasteiger partial charge in [-0.15, -0.1) is 0 Å². The third kappa shape index (κ3) is 3.74. The highest BCUT2D eigenvalue weighted by Crippen LogP contribution is 2.23. The topological polar surface area (TPSA) is 50.4 Å². The second-order valence-corrected chi connectivity index (χ2v) is 4.94. The first-order valence-corrected chi connectivity index (χ1v) is 6.91. The van der Waals surface area contributed by atoms with Crippen LogP contribution in [-0.2, 0) is 4.79 Å². The summed E-state index contributed by atoms with van der Waals surface area (Å²) >= 11 is 3.39. The van der Waals surface area contributed by atoms with Gasteiger partial charge in [-0.25, -0.2) is 0 Å². The molecule has 0 aliphatic heterocycles. The first-order chi connectivity index (χ1) is 9.70. The molecule has 2 aromatic carbocycles. The lowest BCUT2D eigenvalue weighted by Crippen LogP contribution is -2.22. The lowest BCUT2D eigenvalue weighted by atomic mass is 10.3. The van der Waals surface area contributed by atoms with Crippen LogP contribution in [0.1, 0.15) is 0 Å². The summed E-state index contributed by atoms with van der Waals surface area (Å²) in [6.07, 6.45) is 0. The number of anilines is 2. The summed E-state index contributed by atoms with van der Waals surface area (Å²) in [4.78, 5) is 11.9. The summed E-state index contributed by atoms with van der Waals surface area (Å²) in [7, 11) is 1.60. The molecule has 5 heteroatoms. The maximum atomic E-state index is 11.9. The fraction of sp³-hybridized carbons (Fsp3) is 0.133. The Kier molecular flexibility index (Phi) is 5.01. The number of ether oxygens (including phenoxy) is 1. The smallest absolute Gasteiger partial charge is 0.243 e. The number of nitrogens with one attached hydrogen (secondary N) is 2. The van der Waals surface area contributed by atoms with Crippen LogP contribution in [-0.4, -0.2) is 19.6 Å². The van der Waals surface area contributed by atoms with E-state index in [0.717, 1.165) is 15.8 Å². The van der Waals surface area contributed by atoms with Crippen molar-refractivity contribution in [1.29, 1.82) is 0 Å². The molecule has 2 N–H and O–H groups in total. The van der Waals surface area contributed by atoms with Gasteiger partial charge in [-0.3, -0.25) is 4.79 Å². The minimum absolute atomic E-state index is 0.122. The fourth-order valence-corrected chi connectivity index (χ4v) is 2.11. The zero-order valence-electron chi connectivity index (χ0n) is 11.0. The van der Waals surface area contributed by atoms with Crippen LogP contribution in [0.4, 0.5) is 11.4 Å². The highest BCUT2D eigenvalue weighted by atomic mass is 79.9. The van der Waals surface area contributed by atoms with Crippen LogP contribution in [0.25, 0.3) is 0 Å². The number of methoxy groups -OCH3 is 1. The molecular formula is C15H15BrN2O2. The zero-order valence-corrected chi connectivity index (χ0v) is 12.6. The Bertz CT molecular complexity index is 602. The highest BCUT2D eigenvalue weighted by Gasteiger charge is 2.06. The molecule has 0 radical (unpaired) electrons. The van der Waals surface area contributed by atoms with Crippen LogP contribution in [0.5, 0.6) is 5.75 Å². The Hall–Kier alpha value is -2.01. The molecule has 0 aliphatic rings. The van der Waals surface area contributed by atoms with Crippen LogP contribution in [0.2, 0.25) is 0 Å². The van der Waals surface area contributed by atoms with Crippen molar-refractivity contribution in [2.45, 2.75) is 0 Å². The van der Waals surface area contributed by atoms with Crippen molar-refractivity contribution in [1.82, 2.24) is 0 Å². The van der Waals surface area contributed by atoms with Crippen molar-refractivity contribution < 1.29 is 9.53 Å². The minimum Gasteiger partial charge on any atom is -0.495 e. The van der Waals surface area contributed by atoms with Gasteiger partial charge >= 0.3 is 0 Å². The summed E-state index contributed by atoms with van der Waals surface area (Å²) in [6, 6.07) is 15.0. The Morgan fingerprint density at radius 3 is 2.45 bits per heavy atom. The molecule has 0 spiro atoms. The maximum Gasteiger partial charge on any atom is 0.243 e. The van der Waals surface area contributed by atoms with E-state index in [-0.39, 0.29) is 12.5 Å². The van der Waals surface area contributed by atoms with Gasteiger partial charge in [-0.1, -0.05) is 24.3 Å². The van der Waals surface area contributed by atoms with E-state index < -0.39 is 0 Å². The van der Waals surface area contributed by atoms with Gasteiger partial charge in [0.1, 0.15) is 5.75 Å². The van der Waals surface area contributed by atoms with Gasteiger partial charge in [0.2, 0.25) is 5.91 Å². The van der Waals surface area contributed by atoms with Crippen molar-refractivity contribution in [2.24, 2.45) is 0 Å². The van der Waals surface area contributed by atoms with E-state index in [1.165, 1.54) is 0 Å². The number of rotatable bonds is 5. The van der Waals surface area contributed by atoms with E-state index in [1.54, 1.807) is 7.11 Å². The molecule has 104 valence electrons. The molecule has 0 unspecified atom stereocenters. The third-order valence-electron chi connectivity index (χ3n) is 2.69. The molecule has 4 nitrogen and oxygen atoms in total. The number of hydrogen-bond acceptors (Lipinski definition) is 3. The average Bonchev–Trinajstić information content (AvgIpc) is 2.48. The Balaban J connectivity index is 1.94. The van der Waals surface area contributed by atoms with Gasteiger partial charge in [-0.05, 0) is 40.2 Å². The number of carbonyl (C=O) groups excluding carboxylic acids is 1. The number of hydrogen-bond donors (Lipinski definition) is 2. The van der Waals surface area contributed by atoms with Crippen molar-refractivity contribution >= 4 is 33.2 Å². The number of halogens is 1. The SMILES string of the molecule is COc1ccccc1NCC(=O)Nc1ccccc1Br. The van der Waals surface area contributed by atoms with E-state index in [0.29, 0.717) is 5.75 Å². The molecule has 0 fully saturated rings. The molecule has 0 heterocycles. The van der Waals surface area contributed by atoms with E-state index in [4.69, 9.17) is 4.74 Å². The van der Waals surface area contributed by atoms with Crippen molar-refractivity contribution in [3.63, 3.8) is 0 Å². The van der Waals surface area contributed by atoms with Crippen molar-refractivity contribution in [3.8, 4) is 5.75 Å². The quantitative estimate of drug-likeness (QED) is 0.879. The Labute approximate surface area is 126 Å². The average molecular weight is 335 g/mol. The number of amides is 1. The predicted octanol–water partition coefficient (Wildman–Crippen LogP) is 3.51. The van der Waals surface area contributed by atoms with Crippen LogP contribution >= 0.6 is 15.9 Å². The van der Waals surface area contributed by atoms with E-state index >= 15 is 0 Å². The first kappa shape index (κ1) is 14.4. The molecule has 0 atom stereocenters. The summed E-state index contributed by atoms with van der Waals surface area (Å²) in [5.41, 5.74) is 1.54. The van der Waals surface area contributed by atoms with Crippen molar-refractivity contribution in [3.05, 3.63) is 53.0 Å². The van der Waals surface area contributed by atoms with Crippen LogP contribution in [0.3, 0.4) is 0 Å². The predicted molar refractivity (Wildman–Crippen MR) is 84.3 cm³/mol. The maximum absolute atomic E-state index is 11.9.